The first-order valence-electron chi connectivity index (χ1n) is 4.80. The molecule has 0 unspecified atom stereocenters. The van der Waals surface area contributed by atoms with Gasteiger partial charge in [0.05, 0.1) is 10.7 Å². The number of nitrogens with two attached hydrogens (primary N) is 1. The van der Waals surface area contributed by atoms with Crippen LogP contribution in [0.15, 0.2) is 24.4 Å². The van der Waals surface area contributed by atoms with Crippen molar-refractivity contribution in [1.29, 1.82) is 0 Å². The third-order valence-electron chi connectivity index (χ3n) is 2.29. The molecule has 0 saturated carbocycles. The second-order valence-electron chi connectivity index (χ2n) is 3.57. The topological polar surface area (TPSA) is 60.9 Å². The molecule has 17 heavy (non-hydrogen) atoms. The number of benzene rings is 1. The normalized spacial score (nSPS) is 10.5. The summed E-state index contributed by atoms with van der Waals surface area (Å²) in [5.41, 5.74) is 6.77. The van der Waals surface area contributed by atoms with Crippen LogP contribution in [0.4, 0.5) is 0 Å². The molecule has 0 aliphatic carbocycles. The number of halogens is 2. The van der Waals surface area contributed by atoms with Gasteiger partial charge in [0.25, 0.3) is 5.91 Å². The number of rotatable bonds is 2. The van der Waals surface area contributed by atoms with Gasteiger partial charge in [-0.25, -0.2) is 4.68 Å². The SMILES string of the molecule is Cc1cn(-c2ccc(Cl)cc2Cl)nc1C(N)=O. The van der Waals surface area contributed by atoms with Gasteiger partial charge in [-0.2, -0.15) is 5.10 Å². The Bertz CT molecular complexity index is 592. The lowest BCUT2D eigenvalue weighted by Gasteiger charge is -2.03. The summed E-state index contributed by atoms with van der Waals surface area (Å²) in [6.45, 7) is 1.76. The number of hydrogen-bond donors (Lipinski definition) is 1. The van der Waals surface area contributed by atoms with E-state index in [-0.39, 0.29) is 5.69 Å². The number of hydrogen-bond acceptors (Lipinski definition) is 2. The summed E-state index contributed by atoms with van der Waals surface area (Å²) >= 11 is 11.8. The van der Waals surface area contributed by atoms with Crippen molar-refractivity contribution >= 4 is 29.1 Å². The molecule has 2 N–H and O–H groups in total. The van der Waals surface area contributed by atoms with Crippen molar-refractivity contribution in [3.8, 4) is 5.69 Å². The molecule has 1 aromatic carbocycles. The summed E-state index contributed by atoms with van der Waals surface area (Å²) in [6, 6.07) is 5.03. The molecule has 0 aliphatic heterocycles. The molecule has 2 rings (SSSR count). The van der Waals surface area contributed by atoms with Crippen LogP contribution in [0, 0.1) is 6.92 Å². The van der Waals surface area contributed by atoms with Crippen LogP contribution in [0.1, 0.15) is 16.1 Å². The maximum atomic E-state index is 11.1. The number of carbonyl (C=O) groups is 1. The molecule has 6 heteroatoms. The van der Waals surface area contributed by atoms with Crippen LogP contribution in [-0.4, -0.2) is 15.7 Å². The van der Waals surface area contributed by atoms with Gasteiger partial charge >= 0.3 is 0 Å². The Labute approximate surface area is 108 Å². The highest BCUT2D eigenvalue weighted by Gasteiger charge is 2.12. The number of amides is 1. The summed E-state index contributed by atoms with van der Waals surface area (Å²) in [5.74, 6) is -0.564. The molecule has 0 aliphatic rings. The fourth-order valence-corrected chi connectivity index (χ4v) is 1.99. The van der Waals surface area contributed by atoms with E-state index >= 15 is 0 Å². The van der Waals surface area contributed by atoms with E-state index in [1.807, 2.05) is 0 Å². The van der Waals surface area contributed by atoms with Crippen molar-refractivity contribution < 1.29 is 4.79 Å². The molecule has 88 valence electrons. The zero-order chi connectivity index (χ0) is 12.6. The monoisotopic (exact) mass is 269 g/mol. The molecule has 0 fully saturated rings. The number of carbonyl (C=O) groups excluding carboxylic acids is 1. The Morgan fingerprint density at radius 1 is 1.41 bits per heavy atom. The van der Waals surface area contributed by atoms with Gasteiger partial charge in [-0.1, -0.05) is 23.2 Å². The van der Waals surface area contributed by atoms with E-state index in [9.17, 15) is 4.79 Å². The van der Waals surface area contributed by atoms with Crippen LogP contribution in [0.3, 0.4) is 0 Å². The Kier molecular flexibility index (Phi) is 3.09. The fourth-order valence-electron chi connectivity index (χ4n) is 1.49. The molecule has 2 aromatic rings. The minimum atomic E-state index is -0.564. The van der Waals surface area contributed by atoms with Gasteiger partial charge in [-0.3, -0.25) is 4.79 Å². The molecular weight excluding hydrogens is 261 g/mol. The lowest BCUT2D eigenvalue weighted by atomic mass is 10.3. The van der Waals surface area contributed by atoms with Crippen LogP contribution in [-0.2, 0) is 0 Å². The quantitative estimate of drug-likeness (QED) is 0.911. The van der Waals surface area contributed by atoms with Gasteiger partial charge in [-0.05, 0) is 25.1 Å². The predicted octanol–water partition coefficient (Wildman–Crippen LogP) is 2.59. The number of nitrogens with zero attached hydrogens (tertiary/aromatic N) is 2. The highest BCUT2D eigenvalue weighted by molar-refractivity contribution is 6.35. The van der Waals surface area contributed by atoms with E-state index in [0.29, 0.717) is 21.3 Å². The molecule has 0 saturated heterocycles. The maximum absolute atomic E-state index is 11.1. The average Bonchev–Trinajstić information content (AvgIpc) is 2.60. The minimum absolute atomic E-state index is 0.232. The van der Waals surface area contributed by atoms with Crippen molar-refractivity contribution in [2.45, 2.75) is 6.92 Å². The van der Waals surface area contributed by atoms with Gasteiger partial charge in [0, 0.05) is 16.8 Å². The highest BCUT2D eigenvalue weighted by Crippen LogP contribution is 2.24. The van der Waals surface area contributed by atoms with E-state index in [1.165, 1.54) is 4.68 Å². The van der Waals surface area contributed by atoms with E-state index in [0.717, 1.165) is 0 Å². The zero-order valence-electron chi connectivity index (χ0n) is 8.95. The molecular formula is C11H9Cl2N3O. The van der Waals surface area contributed by atoms with Crippen molar-refractivity contribution in [2.24, 2.45) is 5.73 Å². The summed E-state index contributed by atoms with van der Waals surface area (Å²) in [6.07, 6.45) is 1.69. The van der Waals surface area contributed by atoms with E-state index in [2.05, 4.69) is 5.10 Å². The van der Waals surface area contributed by atoms with Crippen LogP contribution < -0.4 is 5.73 Å². The summed E-state index contributed by atoms with van der Waals surface area (Å²) < 4.78 is 1.51. The lowest BCUT2D eigenvalue weighted by Crippen LogP contribution is -2.13. The number of primary amides is 1. The van der Waals surface area contributed by atoms with E-state index in [1.54, 1.807) is 31.3 Å². The Morgan fingerprint density at radius 3 is 2.65 bits per heavy atom. The maximum Gasteiger partial charge on any atom is 0.269 e. The second kappa shape index (κ2) is 4.39. The Morgan fingerprint density at radius 2 is 2.12 bits per heavy atom. The zero-order valence-corrected chi connectivity index (χ0v) is 10.5. The predicted molar refractivity (Wildman–Crippen MR) is 66.8 cm³/mol. The summed E-state index contributed by atoms with van der Waals surface area (Å²) in [4.78, 5) is 11.1. The standard InChI is InChI=1S/C11H9Cl2N3O/c1-6-5-16(15-10(6)11(14)17)9-3-2-7(12)4-8(9)13/h2-5H,1H3,(H2,14,17). The van der Waals surface area contributed by atoms with Crippen LogP contribution in [0.5, 0.6) is 0 Å². The number of aryl methyl sites for hydroxylation is 1. The van der Waals surface area contributed by atoms with Gasteiger partial charge in [0.1, 0.15) is 0 Å². The van der Waals surface area contributed by atoms with Gasteiger partial charge in [0.15, 0.2) is 5.69 Å². The van der Waals surface area contributed by atoms with Crippen molar-refractivity contribution in [3.63, 3.8) is 0 Å². The first-order chi connectivity index (χ1) is 7.99. The molecule has 1 heterocycles. The van der Waals surface area contributed by atoms with Gasteiger partial charge < -0.3 is 5.73 Å². The fraction of sp³-hybridized carbons (Fsp3) is 0.0909. The van der Waals surface area contributed by atoms with Crippen LogP contribution in [0.25, 0.3) is 5.69 Å². The average molecular weight is 270 g/mol. The third kappa shape index (κ3) is 2.28. The molecule has 0 atom stereocenters. The molecule has 1 aromatic heterocycles. The van der Waals surface area contributed by atoms with Gasteiger partial charge in [-0.15, -0.1) is 0 Å². The first kappa shape index (κ1) is 12.0. The van der Waals surface area contributed by atoms with Crippen LogP contribution in [0.2, 0.25) is 10.0 Å². The molecule has 0 radical (unpaired) electrons. The van der Waals surface area contributed by atoms with Crippen molar-refractivity contribution in [1.82, 2.24) is 9.78 Å². The van der Waals surface area contributed by atoms with Crippen molar-refractivity contribution in [3.05, 3.63) is 45.7 Å². The van der Waals surface area contributed by atoms with Gasteiger partial charge in [0.2, 0.25) is 0 Å². The highest BCUT2D eigenvalue weighted by atomic mass is 35.5. The molecule has 4 nitrogen and oxygen atoms in total. The Hall–Kier alpha value is -1.52. The molecule has 0 bridgehead atoms. The second-order valence-corrected chi connectivity index (χ2v) is 4.41. The van der Waals surface area contributed by atoms with E-state index < -0.39 is 5.91 Å². The smallest absolute Gasteiger partial charge is 0.269 e. The van der Waals surface area contributed by atoms with Crippen LogP contribution >= 0.6 is 23.2 Å². The largest absolute Gasteiger partial charge is 0.364 e. The molecule has 1 amide bonds. The first-order valence-corrected chi connectivity index (χ1v) is 5.56. The summed E-state index contributed by atoms with van der Waals surface area (Å²) in [5, 5.41) is 5.08. The van der Waals surface area contributed by atoms with Crippen molar-refractivity contribution in [2.75, 3.05) is 0 Å². The third-order valence-corrected chi connectivity index (χ3v) is 2.82. The lowest BCUT2D eigenvalue weighted by molar-refractivity contribution is 0.0994. The minimum Gasteiger partial charge on any atom is -0.364 e. The Balaban J connectivity index is 2.53. The van der Waals surface area contributed by atoms with E-state index in [4.69, 9.17) is 28.9 Å². The number of aromatic nitrogens is 2. The summed E-state index contributed by atoms with van der Waals surface area (Å²) in [7, 11) is 0. The molecule has 0 spiro atoms.